The number of rotatable bonds is 9. The van der Waals surface area contributed by atoms with Gasteiger partial charge in [-0.1, -0.05) is 30.3 Å². The van der Waals surface area contributed by atoms with Gasteiger partial charge in [-0.2, -0.15) is 5.26 Å². The maximum atomic E-state index is 11.9. The van der Waals surface area contributed by atoms with Crippen molar-refractivity contribution in [2.45, 2.75) is 26.2 Å². The molecule has 0 heterocycles. The number of aryl methyl sites for hydroxylation is 1. The van der Waals surface area contributed by atoms with E-state index in [0.29, 0.717) is 25.1 Å². The summed E-state index contributed by atoms with van der Waals surface area (Å²) in [7, 11) is 0. The van der Waals surface area contributed by atoms with E-state index in [1.54, 1.807) is 24.3 Å². The fraction of sp³-hybridized carbons (Fsp3) is 0.286. The number of amides is 1. The molecular formula is C21H22N2O4. The summed E-state index contributed by atoms with van der Waals surface area (Å²) in [6.45, 7) is 2.12. The minimum Gasteiger partial charge on any atom is -0.494 e. The lowest BCUT2D eigenvalue weighted by atomic mass is 10.1. The van der Waals surface area contributed by atoms with Crippen molar-refractivity contribution in [3.8, 4) is 11.8 Å². The second kappa shape index (κ2) is 10.6. The van der Waals surface area contributed by atoms with Gasteiger partial charge in [0.2, 0.25) is 0 Å². The van der Waals surface area contributed by atoms with Gasteiger partial charge in [0, 0.05) is 12.1 Å². The zero-order valence-corrected chi connectivity index (χ0v) is 15.2. The Labute approximate surface area is 158 Å². The van der Waals surface area contributed by atoms with Gasteiger partial charge in [-0.15, -0.1) is 0 Å². The first-order valence-electron chi connectivity index (χ1n) is 8.74. The SMILES string of the molecule is CCOc1ccccc1CCC(=O)OCC(=O)Nc1ccc(CC#N)cc1. The van der Waals surface area contributed by atoms with Gasteiger partial charge >= 0.3 is 5.97 Å². The lowest BCUT2D eigenvalue weighted by Gasteiger charge is -2.10. The quantitative estimate of drug-likeness (QED) is 0.688. The van der Waals surface area contributed by atoms with Gasteiger partial charge in [0.05, 0.1) is 19.1 Å². The Kier molecular flexibility index (Phi) is 7.86. The van der Waals surface area contributed by atoms with E-state index < -0.39 is 11.9 Å². The van der Waals surface area contributed by atoms with Gasteiger partial charge in [0.15, 0.2) is 6.61 Å². The molecule has 0 unspecified atom stereocenters. The van der Waals surface area contributed by atoms with Gasteiger partial charge in [-0.25, -0.2) is 0 Å². The second-order valence-corrected chi connectivity index (χ2v) is 5.78. The number of nitrogens with zero attached hydrogens (tertiary/aromatic N) is 1. The minimum absolute atomic E-state index is 0.167. The van der Waals surface area contributed by atoms with Crippen LogP contribution < -0.4 is 10.1 Å². The normalized spacial score (nSPS) is 9.93. The smallest absolute Gasteiger partial charge is 0.306 e. The highest BCUT2D eigenvalue weighted by Crippen LogP contribution is 2.19. The van der Waals surface area contributed by atoms with Crippen LogP contribution in [0.2, 0.25) is 0 Å². The summed E-state index contributed by atoms with van der Waals surface area (Å²) >= 11 is 0. The van der Waals surface area contributed by atoms with Gasteiger partial charge < -0.3 is 14.8 Å². The first kappa shape index (κ1) is 20.0. The number of esters is 1. The van der Waals surface area contributed by atoms with Crippen molar-refractivity contribution >= 4 is 17.6 Å². The molecule has 0 radical (unpaired) electrons. The lowest BCUT2D eigenvalue weighted by Crippen LogP contribution is -2.21. The predicted octanol–water partition coefficient (Wildman–Crippen LogP) is 3.27. The Morgan fingerprint density at radius 1 is 1.11 bits per heavy atom. The molecule has 0 aliphatic rings. The molecule has 0 atom stereocenters. The van der Waals surface area contributed by atoms with E-state index in [-0.39, 0.29) is 13.0 Å². The van der Waals surface area contributed by atoms with Crippen LogP contribution in [0.1, 0.15) is 24.5 Å². The number of hydrogen-bond acceptors (Lipinski definition) is 5. The minimum atomic E-state index is -0.444. The summed E-state index contributed by atoms with van der Waals surface area (Å²) in [5, 5.41) is 11.3. The Morgan fingerprint density at radius 2 is 1.85 bits per heavy atom. The van der Waals surface area contributed by atoms with E-state index in [1.165, 1.54) is 0 Å². The zero-order valence-electron chi connectivity index (χ0n) is 15.2. The summed E-state index contributed by atoms with van der Waals surface area (Å²) in [5.41, 5.74) is 2.39. The second-order valence-electron chi connectivity index (χ2n) is 5.78. The Morgan fingerprint density at radius 3 is 2.56 bits per heavy atom. The highest BCUT2D eigenvalue weighted by atomic mass is 16.5. The number of anilines is 1. The molecule has 0 fully saturated rings. The number of ether oxygens (including phenoxy) is 2. The molecule has 2 aromatic carbocycles. The van der Waals surface area contributed by atoms with Crippen LogP contribution in [0.5, 0.6) is 5.75 Å². The first-order chi connectivity index (χ1) is 13.1. The molecule has 2 aromatic rings. The Hall–Kier alpha value is -3.33. The van der Waals surface area contributed by atoms with Crippen LogP contribution >= 0.6 is 0 Å². The van der Waals surface area contributed by atoms with Crippen LogP contribution in [0.15, 0.2) is 48.5 Å². The van der Waals surface area contributed by atoms with Crippen LogP contribution in [0, 0.1) is 11.3 Å². The maximum Gasteiger partial charge on any atom is 0.306 e. The molecule has 6 heteroatoms. The number of nitrogens with one attached hydrogen (secondary N) is 1. The fourth-order valence-corrected chi connectivity index (χ4v) is 2.46. The van der Waals surface area contributed by atoms with Gasteiger partial charge in [-0.05, 0) is 42.7 Å². The van der Waals surface area contributed by atoms with E-state index in [1.807, 2.05) is 31.2 Å². The molecule has 0 aromatic heterocycles. The van der Waals surface area contributed by atoms with Crippen molar-refractivity contribution in [1.29, 1.82) is 5.26 Å². The van der Waals surface area contributed by atoms with Crippen LogP contribution in [-0.2, 0) is 27.2 Å². The molecule has 1 N–H and O–H groups in total. The van der Waals surface area contributed by atoms with Crippen molar-refractivity contribution in [2.75, 3.05) is 18.5 Å². The predicted molar refractivity (Wildman–Crippen MR) is 101 cm³/mol. The van der Waals surface area contributed by atoms with Crippen LogP contribution in [0.3, 0.4) is 0 Å². The molecular weight excluding hydrogens is 344 g/mol. The third-order valence-corrected chi connectivity index (χ3v) is 3.76. The zero-order chi connectivity index (χ0) is 19.5. The molecule has 0 aliphatic heterocycles. The average molecular weight is 366 g/mol. The largest absolute Gasteiger partial charge is 0.494 e. The van der Waals surface area contributed by atoms with E-state index in [0.717, 1.165) is 16.9 Å². The fourth-order valence-electron chi connectivity index (χ4n) is 2.46. The Bertz CT molecular complexity index is 810. The van der Waals surface area contributed by atoms with Crippen molar-refractivity contribution in [3.63, 3.8) is 0 Å². The third-order valence-electron chi connectivity index (χ3n) is 3.76. The number of benzene rings is 2. The number of nitriles is 1. The summed E-state index contributed by atoms with van der Waals surface area (Å²) in [6, 6.07) is 16.5. The third kappa shape index (κ3) is 6.83. The van der Waals surface area contributed by atoms with Crippen molar-refractivity contribution < 1.29 is 19.1 Å². The Balaban J connectivity index is 1.75. The summed E-state index contributed by atoms with van der Waals surface area (Å²) in [4.78, 5) is 23.8. The standard InChI is InChI=1S/C21H22N2O4/c1-2-26-19-6-4-3-5-17(19)9-12-21(25)27-15-20(24)23-18-10-7-16(8-11-18)13-14-22/h3-8,10-11H,2,9,12-13,15H2,1H3,(H,23,24). The highest BCUT2D eigenvalue weighted by molar-refractivity contribution is 5.92. The van der Waals surface area contributed by atoms with Crippen molar-refractivity contribution in [3.05, 3.63) is 59.7 Å². The monoisotopic (exact) mass is 366 g/mol. The van der Waals surface area contributed by atoms with E-state index >= 15 is 0 Å². The molecule has 6 nitrogen and oxygen atoms in total. The number of carbonyl (C=O) groups is 2. The molecule has 0 saturated heterocycles. The molecule has 0 saturated carbocycles. The van der Waals surface area contributed by atoms with Gasteiger partial charge in [0.25, 0.3) is 5.91 Å². The van der Waals surface area contributed by atoms with Crippen molar-refractivity contribution in [1.82, 2.24) is 0 Å². The van der Waals surface area contributed by atoms with Crippen LogP contribution in [0.4, 0.5) is 5.69 Å². The van der Waals surface area contributed by atoms with Crippen LogP contribution in [-0.4, -0.2) is 25.1 Å². The maximum absolute atomic E-state index is 11.9. The molecule has 1 amide bonds. The number of hydrogen-bond donors (Lipinski definition) is 1. The van der Waals surface area contributed by atoms with E-state index in [4.69, 9.17) is 14.7 Å². The molecule has 27 heavy (non-hydrogen) atoms. The lowest BCUT2D eigenvalue weighted by molar-refractivity contribution is -0.147. The van der Waals surface area contributed by atoms with Crippen LogP contribution in [0.25, 0.3) is 0 Å². The summed E-state index contributed by atoms with van der Waals surface area (Å²) in [6.07, 6.45) is 0.968. The molecule has 0 spiro atoms. The molecule has 0 aliphatic carbocycles. The molecule has 140 valence electrons. The molecule has 2 rings (SSSR count). The van der Waals surface area contributed by atoms with E-state index in [9.17, 15) is 9.59 Å². The van der Waals surface area contributed by atoms with Gasteiger partial charge in [0.1, 0.15) is 5.75 Å². The summed E-state index contributed by atoms with van der Waals surface area (Å²) in [5.74, 6) is -0.0997. The summed E-state index contributed by atoms with van der Waals surface area (Å²) < 4.78 is 10.5. The van der Waals surface area contributed by atoms with Gasteiger partial charge in [-0.3, -0.25) is 9.59 Å². The highest BCUT2D eigenvalue weighted by Gasteiger charge is 2.10. The first-order valence-corrected chi connectivity index (χ1v) is 8.74. The number of para-hydroxylation sites is 1. The molecule has 0 bridgehead atoms. The number of carbonyl (C=O) groups excluding carboxylic acids is 2. The topological polar surface area (TPSA) is 88.4 Å². The van der Waals surface area contributed by atoms with Crippen molar-refractivity contribution in [2.24, 2.45) is 0 Å². The van der Waals surface area contributed by atoms with E-state index in [2.05, 4.69) is 11.4 Å². The average Bonchev–Trinajstić information content (AvgIpc) is 2.68.